The van der Waals surface area contributed by atoms with Crippen LogP contribution in [0.15, 0.2) is 0 Å². The monoisotopic (exact) mass is 243 g/mol. The van der Waals surface area contributed by atoms with Crippen molar-refractivity contribution in [2.45, 2.75) is 0 Å². The molecule has 8 heteroatoms. The van der Waals surface area contributed by atoms with Crippen LogP contribution in [0, 0.1) is 0 Å². The predicted molar refractivity (Wildman–Crippen MR) is 19.3 cm³/mol. The van der Waals surface area contributed by atoms with Crippen molar-refractivity contribution in [1.29, 1.82) is 0 Å². The first-order valence-corrected chi connectivity index (χ1v) is 6.80. The van der Waals surface area contributed by atoms with Crippen LogP contribution in [0.5, 0.6) is 0 Å². The molecule has 0 bridgehead atoms. The summed E-state index contributed by atoms with van der Waals surface area (Å²) in [5.41, 5.74) is 0. The maximum absolute atomic E-state index is 11.2. The largest absolute Gasteiger partial charge is 1.00 e. The van der Waals surface area contributed by atoms with Crippen molar-refractivity contribution < 1.29 is 18.3 Å². The van der Waals surface area contributed by atoms with Crippen molar-refractivity contribution in [2.75, 3.05) is 0 Å². The molecular formula is HF6LiSb. The molecule has 0 aromatic carbocycles. The minimum atomic E-state index is -11.2. The van der Waals surface area contributed by atoms with Gasteiger partial charge in [-0.25, -0.2) is 0 Å². The molecule has 0 spiro atoms. The SMILES string of the molecule is [F][Sb-]([F])([F])([F])([F])[F].[H+].[Li]. The summed E-state index contributed by atoms with van der Waals surface area (Å²) in [4.78, 5) is 0. The summed E-state index contributed by atoms with van der Waals surface area (Å²) < 4.78 is 59.6. The second-order valence-corrected chi connectivity index (χ2v) is 6.43. The summed E-state index contributed by atoms with van der Waals surface area (Å²) in [5, 5.41) is 0. The Morgan fingerprint density at radius 2 is 0.750 bits per heavy atom. The summed E-state index contributed by atoms with van der Waals surface area (Å²) in [5.74, 6) is 0. The molecule has 0 saturated carbocycles. The molecule has 0 aliphatic heterocycles. The molecule has 0 saturated heterocycles. The average Bonchev–Trinajstić information content (AvgIpc) is 0.592. The maximum atomic E-state index is 9.93. The predicted octanol–water partition coefficient (Wildman–Crippen LogP) is 1.87. The zero-order chi connectivity index (χ0) is 6.41. The molecule has 0 aromatic rings. The fourth-order valence-corrected chi connectivity index (χ4v) is 0. The Kier molecular flexibility index (Phi) is 2.25. The zero-order valence-corrected chi connectivity index (χ0v) is 6.27. The van der Waals surface area contributed by atoms with Gasteiger partial charge in [-0.15, -0.1) is 0 Å². The van der Waals surface area contributed by atoms with Crippen LogP contribution in [0.4, 0.5) is 16.9 Å². The quantitative estimate of drug-likeness (QED) is 0.450. The van der Waals surface area contributed by atoms with E-state index < -0.39 is 19.5 Å². The molecule has 0 rings (SSSR count). The minimum Gasteiger partial charge on any atom is 0 e. The Morgan fingerprint density at radius 1 is 0.750 bits per heavy atom. The molecule has 8 heavy (non-hydrogen) atoms. The number of hydrogen-bond acceptors (Lipinski definition) is 0. The maximum Gasteiger partial charge on any atom is 1.00 e. The Bertz CT molecular complexity index is 71.6. The van der Waals surface area contributed by atoms with E-state index in [2.05, 4.69) is 0 Å². The van der Waals surface area contributed by atoms with Crippen molar-refractivity contribution in [2.24, 2.45) is 0 Å². The summed E-state index contributed by atoms with van der Waals surface area (Å²) in [6.07, 6.45) is 0. The van der Waals surface area contributed by atoms with E-state index >= 15 is 0 Å². The first-order valence-electron chi connectivity index (χ1n) is 1.01. The van der Waals surface area contributed by atoms with Gasteiger partial charge >= 0.3 is 37.8 Å². The van der Waals surface area contributed by atoms with E-state index in [1.165, 1.54) is 0 Å². The summed E-state index contributed by atoms with van der Waals surface area (Å²) in [7, 11) is 0. The molecule has 0 aromatic heterocycles. The van der Waals surface area contributed by atoms with E-state index in [9.17, 15) is 16.9 Å². The van der Waals surface area contributed by atoms with Crippen molar-refractivity contribution in [3.05, 3.63) is 0 Å². The van der Waals surface area contributed by atoms with Crippen molar-refractivity contribution in [1.82, 2.24) is 0 Å². The Labute approximate surface area is 56.8 Å². The number of rotatable bonds is 0. The number of hydrogen-bond donors (Lipinski definition) is 0. The van der Waals surface area contributed by atoms with Gasteiger partial charge in [0.1, 0.15) is 0 Å². The average molecular weight is 244 g/mol. The Hall–Kier alpha value is 0.996. The Morgan fingerprint density at radius 3 is 0.750 bits per heavy atom. The van der Waals surface area contributed by atoms with Gasteiger partial charge in [-0.2, -0.15) is 0 Å². The second kappa shape index (κ2) is 1.53. The molecule has 0 heterocycles. The van der Waals surface area contributed by atoms with Crippen LogP contribution in [0.3, 0.4) is 0 Å². The van der Waals surface area contributed by atoms with Gasteiger partial charge in [0.05, 0.1) is 0 Å². The molecule has 0 aliphatic carbocycles. The first kappa shape index (κ1) is 11.8. The first-order chi connectivity index (χ1) is 2.45. The molecular weight excluding hydrogens is 243 g/mol. The topological polar surface area (TPSA) is 0 Å². The van der Waals surface area contributed by atoms with E-state index in [1.807, 2.05) is 0 Å². The van der Waals surface area contributed by atoms with E-state index in [1.54, 1.807) is 0 Å². The van der Waals surface area contributed by atoms with Crippen LogP contribution >= 0.6 is 0 Å². The van der Waals surface area contributed by atoms with Crippen molar-refractivity contribution >= 4 is 38.3 Å². The second-order valence-electron chi connectivity index (χ2n) is 0.958. The van der Waals surface area contributed by atoms with Gasteiger partial charge in [0.25, 0.3) is 0 Å². The van der Waals surface area contributed by atoms with Crippen LogP contribution in [0.2, 0.25) is 0 Å². The molecule has 0 unspecified atom stereocenters. The number of halogens is 6. The van der Waals surface area contributed by atoms with Crippen LogP contribution in [-0.4, -0.2) is 38.3 Å². The molecule has 0 fully saturated rings. The smallest absolute Gasteiger partial charge is 0 e. The molecule has 0 atom stereocenters. The van der Waals surface area contributed by atoms with Gasteiger partial charge in [-0.1, -0.05) is 0 Å². The third-order valence-corrected chi connectivity index (χ3v) is 0. The fourth-order valence-electron chi connectivity index (χ4n) is 0. The van der Waals surface area contributed by atoms with Crippen LogP contribution in [-0.2, 0) is 0 Å². The molecule has 0 nitrogen and oxygen atoms in total. The van der Waals surface area contributed by atoms with Gasteiger partial charge in [-0.3, -0.25) is 0 Å². The fraction of sp³-hybridized carbons (Fsp3) is 0. The summed E-state index contributed by atoms with van der Waals surface area (Å²) >= 11 is -11.2. The summed E-state index contributed by atoms with van der Waals surface area (Å²) in [6.45, 7) is 0. The van der Waals surface area contributed by atoms with E-state index in [-0.39, 0.29) is 20.3 Å². The minimum absolute atomic E-state index is 0. The van der Waals surface area contributed by atoms with E-state index in [4.69, 9.17) is 0 Å². The van der Waals surface area contributed by atoms with Gasteiger partial charge in [0.2, 0.25) is 0 Å². The zero-order valence-electron chi connectivity index (χ0n) is 4.72. The van der Waals surface area contributed by atoms with E-state index in [0.717, 1.165) is 0 Å². The van der Waals surface area contributed by atoms with Crippen molar-refractivity contribution in [3.63, 3.8) is 0 Å². The Balaban J connectivity index is -0.000000180. The van der Waals surface area contributed by atoms with Gasteiger partial charge in [-0.05, 0) is 0 Å². The van der Waals surface area contributed by atoms with Crippen LogP contribution in [0.1, 0.15) is 1.43 Å². The van der Waals surface area contributed by atoms with Gasteiger partial charge in [0.15, 0.2) is 0 Å². The molecule has 49 valence electrons. The van der Waals surface area contributed by atoms with Gasteiger partial charge in [0, 0.05) is 18.9 Å². The molecule has 0 N–H and O–H groups in total. The molecule has 0 aliphatic rings. The third kappa shape index (κ3) is 254. The standard InChI is InChI=1S/6FH.Li.Sb/h6*1H;;/q;;;;;;;+5/p-5. The normalized spacial score (nSPS) is 20.2. The molecule has 1 radical (unpaired) electrons. The third-order valence-electron chi connectivity index (χ3n) is 0. The van der Waals surface area contributed by atoms with Crippen LogP contribution in [0.25, 0.3) is 0 Å². The van der Waals surface area contributed by atoms with Crippen molar-refractivity contribution in [3.8, 4) is 0 Å². The van der Waals surface area contributed by atoms with E-state index in [0.29, 0.717) is 0 Å². The molecule has 0 amide bonds. The van der Waals surface area contributed by atoms with Gasteiger partial charge < -0.3 is 0 Å². The summed E-state index contributed by atoms with van der Waals surface area (Å²) in [6, 6.07) is 0. The van der Waals surface area contributed by atoms with Crippen LogP contribution < -0.4 is 0 Å².